The minimum atomic E-state index is -0.307. The van der Waals surface area contributed by atoms with E-state index in [2.05, 4.69) is 4.90 Å². The summed E-state index contributed by atoms with van der Waals surface area (Å²) in [6, 6.07) is 1.85. The molecule has 1 aromatic heterocycles. The van der Waals surface area contributed by atoms with Gasteiger partial charge in [0, 0.05) is 38.1 Å². The van der Waals surface area contributed by atoms with Crippen molar-refractivity contribution < 1.29 is 9.18 Å². The van der Waals surface area contributed by atoms with E-state index in [0.29, 0.717) is 19.6 Å². The maximum absolute atomic E-state index is 12.1. The van der Waals surface area contributed by atoms with Crippen molar-refractivity contribution in [2.45, 2.75) is 0 Å². The monoisotopic (exact) mass is 242 g/mol. The lowest BCUT2D eigenvalue weighted by Gasteiger charge is -2.34. The predicted molar refractivity (Wildman–Crippen MR) is 62.6 cm³/mol. The fourth-order valence-corrected chi connectivity index (χ4v) is 2.49. The fourth-order valence-electron chi connectivity index (χ4n) is 1.86. The summed E-state index contributed by atoms with van der Waals surface area (Å²) in [5.41, 5.74) is 0.768. The van der Waals surface area contributed by atoms with Gasteiger partial charge in [-0.3, -0.25) is 9.69 Å². The van der Waals surface area contributed by atoms with Crippen LogP contribution in [0.2, 0.25) is 0 Å². The van der Waals surface area contributed by atoms with Gasteiger partial charge in [0.1, 0.15) is 6.67 Å². The van der Waals surface area contributed by atoms with Gasteiger partial charge in [0.15, 0.2) is 0 Å². The van der Waals surface area contributed by atoms with Crippen LogP contribution in [0.3, 0.4) is 0 Å². The minimum absolute atomic E-state index is 0.0983. The molecule has 0 bridgehead atoms. The van der Waals surface area contributed by atoms with Crippen molar-refractivity contribution >= 4 is 17.2 Å². The van der Waals surface area contributed by atoms with E-state index in [9.17, 15) is 9.18 Å². The first-order valence-corrected chi connectivity index (χ1v) is 6.35. The highest BCUT2D eigenvalue weighted by Crippen LogP contribution is 2.11. The Morgan fingerprint density at radius 1 is 1.38 bits per heavy atom. The van der Waals surface area contributed by atoms with Gasteiger partial charge < -0.3 is 4.90 Å². The molecule has 1 amide bonds. The second kappa shape index (κ2) is 5.41. The average molecular weight is 242 g/mol. The molecular weight excluding hydrogens is 227 g/mol. The molecular formula is C11H15FN2OS. The number of nitrogens with zero attached hydrogens (tertiary/aromatic N) is 2. The van der Waals surface area contributed by atoms with Crippen LogP contribution >= 0.6 is 11.3 Å². The van der Waals surface area contributed by atoms with Gasteiger partial charge in [-0.05, 0) is 11.4 Å². The Bertz CT molecular complexity index is 334. The number of hydrogen-bond acceptors (Lipinski definition) is 3. The number of carbonyl (C=O) groups is 1. The van der Waals surface area contributed by atoms with Crippen LogP contribution in [0.4, 0.5) is 4.39 Å². The van der Waals surface area contributed by atoms with Crippen molar-refractivity contribution in [2.24, 2.45) is 0 Å². The molecule has 2 rings (SSSR count). The van der Waals surface area contributed by atoms with E-state index in [1.165, 1.54) is 11.3 Å². The number of amides is 1. The molecule has 0 aliphatic carbocycles. The molecule has 0 radical (unpaired) electrons. The molecule has 0 saturated carbocycles. The highest BCUT2D eigenvalue weighted by Gasteiger charge is 2.21. The predicted octanol–water partition coefficient (Wildman–Crippen LogP) is 1.48. The van der Waals surface area contributed by atoms with Gasteiger partial charge in [-0.15, -0.1) is 0 Å². The Morgan fingerprint density at radius 2 is 2.12 bits per heavy atom. The summed E-state index contributed by atoms with van der Waals surface area (Å²) >= 11 is 1.53. The third kappa shape index (κ3) is 2.59. The largest absolute Gasteiger partial charge is 0.336 e. The van der Waals surface area contributed by atoms with Gasteiger partial charge in [0.2, 0.25) is 0 Å². The van der Waals surface area contributed by atoms with Crippen LogP contribution in [-0.2, 0) is 0 Å². The maximum atomic E-state index is 12.1. The molecule has 5 heteroatoms. The highest BCUT2D eigenvalue weighted by atomic mass is 32.1. The molecule has 16 heavy (non-hydrogen) atoms. The molecule has 1 fully saturated rings. The van der Waals surface area contributed by atoms with Gasteiger partial charge in [-0.2, -0.15) is 11.3 Å². The SMILES string of the molecule is O=C(c1ccsc1)N1CCN(CCF)CC1. The number of halogens is 1. The maximum Gasteiger partial charge on any atom is 0.254 e. The Morgan fingerprint density at radius 3 is 2.69 bits per heavy atom. The van der Waals surface area contributed by atoms with Crippen molar-refractivity contribution in [3.8, 4) is 0 Å². The number of carbonyl (C=O) groups excluding carboxylic acids is 1. The number of hydrogen-bond donors (Lipinski definition) is 0. The topological polar surface area (TPSA) is 23.6 Å². The van der Waals surface area contributed by atoms with E-state index in [4.69, 9.17) is 0 Å². The second-order valence-corrected chi connectivity index (χ2v) is 4.61. The van der Waals surface area contributed by atoms with Gasteiger partial charge >= 0.3 is 0 Å². The Labute approximate surface area is 98.5 Å². The van der Waals surface area contributed by atoms with Gasteiger partial charge in [-0.25, -0.2) is 4.39 Å². The van der Waals surface area contributed by atoms with Gasteiger partial charge in [0.25, 0.3) is 5.91 Å². The van der Waals surface area contributed by atoms with Crippen molar-refractivity contribution in [1.82, 2.24) is 9.80 Å². The van der Waals surface area contributed by atoms with Crippen LogP contribution < -0.4 is 0 Å². The summed E-state index contributed by atoms with van der Waals surface area (Å²) in [4.78, 5) is 15.9. The van der Waals surface area contributed by atoms with Crippen molar-refractivity contribution in [1.29, 1.82) is 0 Å². The third-order valence-corrected chi connectivity index (χ3v) is 3.51. The van der Waals surface area contributed by atoms with Crippen LogP contribution in [0.5, 0.6) is 0 Å². The molecule has 3 nitrogen and oxygen atoms in total. The van der Waals surface area contributed by atoms with E-state index < -0.39 is 0 Å². The van der Waals surface area contributed by atoms with Gasteiger partial charge in [-0.1, -0.05) is 0 Å². The first-order chi connectivity index (χ1) is 7.81. The molecule has 1 aliphatic heterocycles. The van der Waals surface area contributed by atoms with Gasteiger partial charge in [0.05, 0.1) is 5.56 Å². The molecule has 0 atom stereocenters. The van der Waals surface area contributed by atoms with Crippen molar-refractivity contribution in [3.05, 3.63) is 22.4 Å². The summed E-state index contributed by atoms with van der Waals surface area (Å²) in [7, 11) is 0. The summed E-state index contributed by atoms with van der Waals surface area (Å²) in [6.07, 6.45) is 0. The van der Waals surface area contributed by atoms with Crippen molar-refractivity contribution in [2.75, 3.05) is 39.4 Å². The number of alkyl halides is 1. The second-order valence-electron chi connectivity index (χ2n) is 3.83. The van der Waals surface area contributed by atoms with Crippen molar-refractivity contribution in [3.63, 3.8) is 0 Å². The van der Waals surface area contributed by atoms with Crippen LogP contribution in [0, 0.1) is 0 Å². The smallest absolute Gasteiger partial charge is 0.254 e. The summed E-state index contributed by atoms with van der Waals surface area (Å²) < 4.78 is 12.1. The lowest BCUT2D eigenvalue weighted by Crippen LogP contribution is -2.49. The van der Waals surface area contributed by atoms with Crippen LogP contribution in [0.15, 0.2) is 16.8 Å². The van der Waals surface area contributed by atoms with Crippen LogP contribution in [0.1, 0.15) is 10.4 Å². The molecule has 88 valence electrons. The zero-order valence-electron chi connectivity index (χ0n) is 9.06. The molecule has 0 spiro atoms. The first-order valence-electron chi connectivity index (χ1n) is 5.41. The normalized spacial score (nSPS) is 17.7. The fraction of sp³-hybridized carbons (Fsp3) is 0.545. The molecule has 1 saturated heterocycles. The summed E-state index contributed by atoms with van der Waals surface area (Å²) in [5, 5.41) is 3.78. The van der Waals surface area contributed by atoms with Crippen LogP contribution in [0.25, 0.3) is 0 Å². The highest BCUT2D eigenvalue weighted by molar-refractivity contribution is 7.08. The first kappa shape index (κ1) is 11.5. The number of piperazine rings is 1. The van der Waals surface area contributed by atoms with Crippen LogP contribution in [-0.4, -0.2) is 55.1 Å². The molecule has 0 unspecified atom stereocenters. The molecule has 0 N–H and O–H groups in total. The standard InChI is InChI=1S/C11H15FN2OS/c12-2-3-13-4-6-14(7-5-13)11(15)10-1-8-16-9-10/h1,8-9H,2-7H2. The zero-order chi connectivity index (χ0) is 11.4. The van der Waals surface area contributed by atoms with E-state index >= 15 is 0 Å². The molecule has 2 heterocycles. The lowest BCUT2D eigenvalue weighted by atomic mass is 10.2. The number of rotatable bonds is 3. The van der Waals surface area contributed by atoms with E-state index in [0.717, 1.165) is 18.7 Å². The van der Waals surface area contributed by atoms with E-state index in [1.807, 2.05) is 21.7 Å². The molecule has 1 aromatic rings. The Hall–Kier alpha value is -0.940. The molecule has 1 aliphatic rings. The zero-order valence-corrected chi connectivity index (χ0v) is 9.88. The van der Waals surface area contributed by atoms with E-state index in [1.54, 1.807) is 0 Å². The summed E-state index contributed by atoms with van der Waals surface area (Å²) in [5.74, 6) is 0.0983. The quantitative estimate of drug-likeness (QED) is 0.801. The summed E-state index contributed by atoms with van der Waals surface area (Å²) in [6.45, 7) is 3.14. The average Bonchev–Trinajstić information content (AvgIpc) is 2.83. The Balaban J connectivity index is 1.87. The minimum Gasteiger partial charge on any atom is -0.336 e. The Kier molecular flexibility index (Phi) is 3.90. The molecule has 0 aromatic carbocycles. The third-order valence-electron chi connectivity index (χ3n) is 2.83. The van der Waals surface area contributed by atoms with E-state index in [-0.39, 0.29) is 12.6 Å². The number of thiophene rings is 1. The lowest BCUT2D eigenvalue weighted by molar-refractivity contribution is 0.0631.